The summed E-state index contributed by atoms with van der Waals surface area (Å²) in [7, 11) is -1.87. The number of halogens is 1. The Morgan fingerprint density at radius 2 is 1.71 bits per heavy atom. The van der Waals surface area contributed by atoms with Gasteiger partial charge in [-0.3, -0.25) is 0 Å². The highest BCUT2D eigenvalue weighted by atomic mass is 32.2. The molecule has 0 aliphatic heterocycles. The summed E-state index contributed by atoms with van der Waals surface area (Å²) in [4.78, 5) is 0.158. The van der Waals surface area contributed by atoms with Crippen LogP contribution in [0.2, 0.25) is 0 Å². The molecule has 0 aliphatic rings. The van der Waals surface area contributed by atoms with Crippen molar-refractivity contribution in [3.05, 3.63) is 42.2 Å². The number of ether oxygens (including phenoxy) is 2. The first kappa shape index (κ1) is 15.1. The zero-order chi connectivity index (χ0) is 15.6. The first-order chi connectivity index (χ1) is 9.81. The third kappa shape index (κ3) is 3.43. The van der Waals surface area contributed by atoms with Crippen LogP contribution in [0.15, 0.2) is 41.3 Å². The zero-order valence-corrected chi connectivity index (χ0v) is 12.3. The fourth-order valence-electron chi connectivity index (χ4n) is 1.69. The van der Waals surface area contributed by atoms with Crippen LogP contribution in [-0.2, 0) is 9.84 Å². The molecule has 0 bridgehead atoms. The van der Waals surface area contributed by atoms with E-state index in [4.69, 9.17) is 15.2 Å². The lowest BCUT2D eigenvalue weighted by atomic mass is 10.2. The van der Waals surface area contributed by atoms with Gasteiger partial charge >= 0.3 is 0 Å². The van der Waals surface area contributed by atoms with Gasteiger partial charge in [0.2, 0.25) is 0 Å². The smallest absolute Gasteiger partial charge is 0.175 e. The standard InChI is InChI=1S/C14H14FNO4S/c1-19-14-8-13(11(15)7-12(14)16)20-9-3-5-10(6-4-9)21(2,17)18/h3-8H,16H2,1-2H3. The molecule has 0 atom stereocenters. The lowest BCUT2D eigenvalue weighted by Gasteiger charge is -2.10. The second kappa shape index (κ2) is 5.61. The number of hydrogen-bond acceptors (Lipinski definition) is 5. The number of rotatable bonds is 4. The molecular formula is C14H14FNO4S. The van der Waals surface area contributed by atoms with Crippen molar-refractivity contribution >= 4 is 15.5 Å². The van der Waals surface area contributed by atoms with Gasteiger partial charge in [0.05, 0.1) is 17.7 Å². The molecule has 0 aliphatic carbocycles. The largest absolute Gasteiger partial charge is 0.494 e. The van der Waals surface area contributed by atoms with E-state index in [1.54, 1.807) is 0 Å². The van der Waals surface area contributed by atoms with Crippen molar-refractivity contribution < 1.29 is 22.3 Å². The van der Waals surface area contributed by atoms with Crippen LogP contribution in [0.25, 0.3) is 0 Å². The molecule has 112 valence electrons. The van der Waals surface area contributed by atoms with Gasteiger partial charge in [-0.1, -0.05) is 0 Å². The van der Waals surface area contributed by atoms with Gasteiger partial charge in [0.1, 0.15) is 11.5 Å². The molecule has 2 aromatic rings. The first-order valence-corrected chi connectivity index (χ1v) is 7.81. The fraction of sp³-hybridized carbons (Fsp3) is 0.143. The maximum Gasteiger partial charge on any atom is 0.175 e. The molecule has 0 radical (unpaired) electrons. The topological polar surface area (TPSA) is 78.6 Å². The number of nitrogen functional groups attached to an aromatic ring is 1. The predicted octanol–water partition coefficient (Wildman–Crippen LogP) is 2.61. The molecule has 7 heteroatoms. The Morgan fingerprint density at radius 3 is 2.24 bits per heavy atom. The highest BCUT2D eigenvalue weighted by Crippen LogP contribution is 2.33. The van der Waals surface area contributed by atoms with Gasteiger partial charge in [-0.15, -0.1) is 0 Å². The van der Waals surface area contributed by atoms with Crippen LogP contribution in [0.3, 0.4) is 0 Å². The number of anilines is 1. The molecule has 0 saturated heterocycles. The van der Waals surface area contributed by atoms with Crippen LogP contribution >= 0.6 is 0 Å². The normalized spacial score (nSPS) is 11.2. The van der Waals surface area contributed by atoms with Crippen molar-refractivity contribution in [2.75, 3.05) is 19.1 Å². The summed E-state index contributed by atoms with van der Waals surface area (Å²) in [5.74, 6) is -0.110. The molecule has 0 amide bonds. The van der Waals surface area contributed by atoms with E-state index in [1.807, 2.05) is 0 Å². The molecule has 0 aromatic heterocycles. The minimum absolute atomic E-state index is 0.0619. The molecule has 0 unspecified atom stereocenters. The molecule has 0 heterocycles. The third-order valence-corrected chi connectivity index (χ3v) is 3.89. The van der Waals surface area contributed by atoms with E-state index < -0.39 is 15.7 Å². The van der Waals surface area contributed by atoms with Crippen molar-refractivity contribution in [2.24, 2.45) is 0 Å². The number of methoxy groups -OCH3 is 1. The van der Waals surface area contributed by atoms with Crippen molar-refractivity contribution in [1.29, 1.82) is 0 Å². The molecule has 0 fully saturated rings. The quantitative estimate of drug-likeness (QED) is 0.878. The first-order valence-electron chi connectivity index (χ1n) is 5.92. The Balaban J connectivity index is 2.30. The molecule has 21 heavy (non-hydrogen) atoms. The van der Waals surface area contributed by atoms with E-state index in [-0.39, 0.29) is 16.3 Å². The molecule has 5 nitrogen and oxygen atoms in total. The summed E-state index contributed by atoms with van der Waals surface area (Å²) in [5, 5.41) is 0. The summed E-state index contributed by atoms with van der Waals surface area (Å²) < 4.78 is 46.8. The van der Waals surface area contributed by atoms with Crippen LogP contribution in [0.1, 0.15) is 0 Å². The highest BCUT2D eigenvalue weighted by Gasteiger charge is 2.12. The zero-order valence-electron chi connectivity index (χ0n) is 11.5. The van der Waals surface area contributed by atoms with Gasteiger partial charge < -0.3 is 15.2 Å². The third-order valence-electron chi connectivity index (χ3n) is 2.76. The van der Waals surface area contributed by atoms with E-state index in [2.05, 4.69) is 0 Å². The van der Waals surface area contributed by atoms with E-state index in [1.165, 1.54) is 37.4 Å². The highest BCUT2D eigenvalue weighted by molar-refractivity contribution is 7.90. The van der Waals surface area contributed by atoms with Gasteiger partial charge in [0.25, 0.3) is 0 Å². The fourth-order valence-corrected chi connectivity index (χ4v) is 2.32. The van der Waals surface area contributed by atoms with E-state index in [0.717, 1.165) is 12.3 Å². The lowest BCUT2D eigenvalue weighted by molar-refractivity contribution is 0.403. The van der Waals surface area contributed by atoms with Crippen LogP contribution in [0, 0.1) is 5.82 Å². The molecule has 2 aromatic carbocycles. The van der Waals surface area contributed by atoms with Crippen LogP contribution < -0.4 is 15.2 Å². The maximum absolute atomic E-state index is 13.8. The Labute approximate surface area is 122 Å². The Hall–Kier alpha value is -2.28. The van der Waals surface area contributed by atoms with Gasteiger partial charge in [-0.05, 0) is 24.3 Å². The SMILES string of the molecule is COc1cc(Oc2ccc(S(C)(=O)=O)cc2)c(F)cc1N. The second-order valence-electron chi connectivity index (χ2n) is 4.37. The lowest BCUT2D eigenvalue weighted by Crippen LogP contribution is -1.98. The van der Waals surface area contributed by atoms with Crippen LogP contribution in [0.4, 0.5) is 10.1 Å². The minimum Gasteiger partial charge on any atom is -0.494 e. The van der Waals surface area contributed by atoms with Crippen LogP contribution in [0.5, 0.6) is 17.2 Å². The van der Waals surface area contributed by atoms with Crippen molar-refractivity contribution in [3.63, 3.8) is 0 Å². The average Bonchev–Trinajstić information content (AvgIpc) is 2.41. The number of benzene rings is 2. The summed E-state index contributed by atoms with van der Waals surface area (Å²) in [6.45, 7) is 0. The van der Waals surface area contributed by atoms with Crippen molar-refractivity contribution in [1.82, 2.24) is 0 Å². The number of nitrogens with two attached hydrogens (primary N) is 1. The Bertz CT molecular complexity index is 757. The van der Waals surface area contributed by atoms with Crippen LogP contribution in [-0.4, -0.2) is 21.8 Å². The number of sulfone groups is 1. The summed E-state index contributed by atoms with van der Waals surface area (Å²) in [6.07, 6.45) is 1.10. The monoisotopic (exact) mass is 311 g/mol. The van der Waals surface area contributed by atoms with E-state index >= 15 is 0 Å². The summed E-state index contributed by atoms with van der Waals surface area (Å²) in [6, 6.07) is 8.08. The molecular weight excluding hydrogens is 297 g/mol. The van der Waals surface area contributed by atoms with Crippen molar-refractivity contribution in [3.8, 4) is 17.2 Å². The Kier molecular flexibility index (Phi) is 4.04. The van der Waals surface area contributed by atoms with Crippen molar-refractivity contribution in [2.45, 2.75) is 4.90 Å². The minimum atomic E-state index is -3.28. The molecule has 2 rings (SSSR count). The molecule has 2 N–H and O–H groups in total. The average molecular weight is 311 g/mol. The van der Waals surface area contributed by atoms with E-state index in [0.29, 0.717) is 11.5 Å². The van der Waals surface area contributed by atoms with E-state index in [9.17, 15) is 12.8 Å². The van der Waals surface area contributed by atoms with Gasteiger partial charge in [0, 0.05) is 18.4 Å². The molecule has 0 spiro atoms. The van der Waals surface area contributed by atoms with Gasteiger partial charge in [0.15, 0.2) is 21.4 Å². The summed E-state index contributed by atoms with van der Waals surface area (Å²) >= 11 is 0. The predicted molar refractivity (Wildman–Crippen MR) is 77.0 cm³/mol. The number of hydrogen-bond donors (Lipinski definition) is 1. The summed E-state index contributed by atoms with van der Waals surface area (Å²) in [5.41, 5.74) is 5.74. The van der Waals surface area contributed by atoms with Gasteiger partial charge in [-0.2, -0.15) is 0 Å². The maximum atomic E-state index is 13.8. The molecule has 0 saturated carbocycles. The second-order valence-corrected chi connectivity index (χ2v) is 6.39. The Morgan fingerprint density at radius 1 is 1.10 bits per heavy atom. The van der Waals surface area contributed by atoms with Gasteiger partial charge in [-0.25, -0.2) is 12.8 Å².